The number of ketones is 1. The summed E-state index contributed by atoms with van der Waals surface area (Å²) in [7, 11) is 0. The molecule has 4 nitrogen and oxygen atoms in total. The van der Waals surface area contributed by atoms with E-state index >= 15 is 0 Å². The van der Waals surface area contributed by atoms with Crippen LogP contribution in [0.2, 0.25) is 0 Å². The number of aryl methyl sites for hydroxylation is 1. The van der Waals surface area contributed by atoms with Gasteiger partial charge in [0.2, 0.25) is 5.95 Å². The van der Waals surface area contributed by atoms with E-state index in [1.165, 1.54) is 0 Å². The maximum Gasteiger partial charge on any atom is 0.220 e. The zero-order chi connectivity index (χ0) is 8.55. The number of nitrogens with zero attached hydrogens (tertiary/aromatic N) is 2. The molecule has 1 aromatic rings. The average molecular weight is 163 g/mol. The van der Waals surface area contributed by atoms with Gasteiger partial charge in [-0.1, -0.05) is 0 Å². The van der Waals surface area contributed by atoms with Crippen molar-refractivity contribution in [1.82, 2.24) is 9.97 Å². The van der Waals surface area contributed by atoms with Crippen LogP contribution in [-0.4, -0.2) is 15.8 Å². The van der Waals surface area contributed by atoms with Crippen LogP contribution in [0, 0.1) is 0 Å². The number of anilines is 1. The van der Waals surface area contributed by atoms with Crippen molar-refractivity contribution in [3.05, 3.63) is 17.5 Å². The number of carbonyl (C=O) groups excluding carboxylic acids is 1. The van der Waals surface area contributed by atoms with Crippen molar-refractivity contribution in [2.75, 3.05) is 5.73 Å². The minimum atomic E-state index is 0.237. The van der Waals surface area contributed by atoms with Crippen molar-refractivity contribution >= 4 is 11.7 Å². The van der Waals surface area contributed by atoms with Gasteiger partial charge >= 0.3 is 0 Å². The number of aromatic nitrogens is 2. The first-order chi connectivity index (χ1) is 5.75. The Balaban J connectivity index is 2.44. The van der Waals surface area contributed by atoms with Gasteiger partial charge in [0.1, 0.15) is 5.78 Å². The smallest absolute Gasteiger partial charge is 0.220 e. The summed E-state index contributed by atoms with van der Waals surface area (Å²) in [5.74, 6) is 0.490. The quantitative estimate of drug-likeness (QED) is 0.589. The maximum atomic E-state index is 11.0. The van der Waals surface area contributed by atoms with Crippen molar-refractivity contribution in [2.45, 2.75) is 19.3 Å². The number of hydrogen-bond donors (Lipinski definition) is 1. The van der Waals surface area contributed by atoms with Gasteiger partial charge < -0.3 is 5.73 Å². The number of nitrogens with two attached hydrogens (primary N) is 1. The molecule has 0 fully saturated rings. The Kier molecular flexibility index (Phi) is 1.53. The van der Waals surface area contributed by atoms with Crippen molar-refractivity contribution < 1.29 is 4.79 Å². The van der Waals surface area contributed by atoms with Gasteiger partial charge in [-0.25, -0.2) is 9.97 Å². The van der Waals surface area contributed by atoms with Crippen LogP contribution in [0.5, 0.6) is 0 Å². The first kappa shape index (κ1) is 7.21. The summed E-state index contributed by atoms with van der Waals surface area (Å²) in [5, 5.41) is 0. The van der Waals surface area contributed by atoms with Gasteiger partial charge in [-0.05, 0) is 12.0 Å². The third kappa shape index (κ3) is 1.15. The number of carbonyl (C=O) groups is 1. The summed E-state index contributed by atoms with van der Waals surface area (Å²) in [4.78, 5) is 18.9. The predicted molar refractivity (Wildman–Crippen MR) is 43.5 cm³/mol. The molecule has 0 bridgehead atoms. The molecule has 0 atom stereocenters. The second kappa shape index (κ2) is 2.55. The Morgan fingerprint density at radius 2 is 2.25 bits per heavy atom. The maximum absolute atomic E-state index is 11.0. The normalized spacial score (nSPS) is 15.8. The number of nitrogen functional groups attached to an aromatic ring is 1. The van der Waals surface area contributed by atoms with E-state index in [1.54, 1.807) is 6.20 Å². The second-order valence-electron chi connectivity index (χ2n) is 2.92. The zero-order valence-electron chi connectivity index (χ0n) is 6.58. The Morgan fingerprint density at radius 3 is 3.08 bits per heavy atom. The highest BCUT2D eigenvalue weighted by atomic mass is 16.1. The van der Waals surface area contributed by atoms with E-state index in [9.17, 15) is 4.79 Å². The molecule has 0 unspecified atom stereocenters. The first-order valence-electron chi connectivity index (χ1n) is 3.87. The Hall–Kier alpha value is -1.45. The topological polar surface area (TPSA) is 68.9 Å². The number of Topliss-reactive ketones (excluding diaryl/α,β-unsaturated/α-hetero) is 1. The monoisotopic (exact) mass is 163 g/mol. The molecule has 1 aliphatic carbocycles. The predicted octanol–water partition coefficient (Wildman–Crippen LogP) is 0.117. The zero-order valence-corrected chi connectivity index (χ0v) is 6.58. The van der Waals surface area contributed by atoms with Crippen LogP contribution < -0.4 is 5.73 Å². The second-order valence-corrected chi connectivity index (χ2v) is 2.92. The Bertz CT molecular complexity index is 335. The van der Waals surface area contributed by atoms with E-state index < -0.39 is 0 Å². The molecule has 0 amide bonds. The van der Waals surface area contributed by atoms with Crippen LogP contribution in [-0.2, 0) is 17.6 Å². The highest BCUT2D eigenvalue weighted by molar-refractivity contribution is 5.82. The summed E-state index contributed by atoms with van der Waals surface area (Å²) >= 11 is 0. The van der Waals surface area contributed by atoms with E-state index in [4.69, 9.17) is 5.73 Å². The minimum Gasteiger partial charge on any atom is -0.368 e. The molecule has 0 radical (unpaired) electrons. The van der Waals surface area contributed by atoms with E-state index in [0.717, 1.165) is 17.7 Å². The van der Waals surface area contributed by atoms with E-state index in [1.807, 2.05) is 0 Å². The molecule has 2 N–H and O–H groups in total. The van der Waals surface area contributed by atoms with Crippen molar-refractivity contribution in [3.8, 4) is 0 Å². The summed E-state index contributed by atoms with van der Waals surface area (Å²) in [6.07, 6.45) is 3.50. The summed E-state index contributed by atoms with van der Waals surface area (Å²) in [6.45, 7) is 0. The van der Waals surface area contributed by atoms with Gasteiger partial charge in [-0.3, -0.25) is 4.79 Å². The largest absolute Gasteiger partial charge is 0.368 e. The van der Waals surface area contributed by atoms with Crippen molar-refractivity contribution in [3.63, 3.8) is 0 Å². The average Bonchev–Trinajstić information content (AvgIpc) is 2.03. The molecule has 1 aromatic heterocycles. The Morgan fingerprint density at radius 1 is 1.42 bits per heavy atom. The fourth-order valence-corrected chi connectivity index (χ4v) is 1.37. The third-order valence-corrected chi connectivity index (χ3v) is 2.01. The van der Waals surface area contributed by atoms with Crippen LogP contribution in [0.4, 0.5) is 5.95 Å². The third-order valence-electron chi connectivity index (χ3n) is 2.01. The SMILES string of the molecule is Nc1ncc2c(n1)CC(=O)CC2. The van der Waals surface area contributed by atoms with Gasteiger partial charge in [0, 0.05) is 19.0 Å². The lowest BCUT2D eigenvalue weighted by atomic mass is 9.96. The van der Waals surface area contributed by atoms with Gasteiger partial charge in [-0.15, -0.1) is 0 Å². The van der Waals surface area contributed by atoms with Gasteiger partial charge in [0.25, 0.3) is 0 Å². The molecule has 1 heterocycles. The van der Waals surface area contributed by atoms with E-state index in [0.29, 0.717) is 12.8 Å². The fourth-order valence-electron chi connectivity index (χ4n) is 1.37. The summed E-state index contributed by atoms with van der Waals surface area (Å²) in [6, 6.07) is 0. The van der Waals surface area contributed by atoms with Crippen LogP contribution in [0.3, 0.4) is 0 Å². The number of hydrogen-bond acceptors (Lipinski definition) is 4. The van der Waals surface area contributed by atoms with Crippen LogP contribution >= 0.6 is 0 Å². The highest BCUT2D eigenvalue weighted by Gasteiger charge is 2.16. The summed E-state index contributed by atoms with van der Waals surface area (Å²) < 4.78 is 0. The molecule has 4 heteroatoms. The molecule has 0 aromatic carbocycles. The molecule has 0 saturated carbocycles. The first-order valence-corrected chi connectivity index (χ1v) is 3.87. The molecule has 12 heavy (non-hydrogen) atoms. The lowest BCUT2D eigenvalue weighted by Crippen LogP contribution is -2.16. The molecule has 0 aliphatic heterocycles. The standard InChI is InChI=1S/C8H9N3O/c9-8-10-4-5-1-2-6(12)3-7(5)11-8/h4H,1-3H2,(H2,9,10,11). The highest BCUT2D eigenvalue weighted by Crippen LogP contribution is 2.16. The minimum absolute atomic E-state index is 0.237. The van der Waals surface area contributed by atoms with E-state index in [-0.39, 0.29) is 11.7 Å². The summed E-state index contributed by atoms with van der Waals surface area (Å²) in [5.41, 5.74) is 7.26. The van der Waals surface area contributed by atoms with Crippen LogP contribution in [0.15, 0.2) is 6.20 Å². The van der Waals surface area contributed by atoms with E-state index in [2.05, 4.69) is 9.97 Å². The van der Waals surface area contributed by atoms with Crippen molar-refractivity contribution in [1.29, 1.82) is 0 Å². The van der Waals surface area contributed by atoms with Crippen LogP contribution in [0.25, 0.3) is 0 Å². The van der Waals surface area contributed by atoms with Gasteiger partial charge in [-0.2, -0.15) is 0 Å². The Labute approximate surface area is 69.8 Å². The molecule has 62 valence electrons. The lowest BCUT2D eigenvalue weighted by molar-refractivity contribution is -0.118. The molecular weight excluding hydrogens is 154 g/mol. The fraction of sp³-hybridized carbons (Fsp3) is 0.375. The van der Waals surface area contributed by atoms with Crippen LogP contribution in [0.1, 0.15) is 17.7 Å². The molecule has 1 aliphatic rings. The lowest BCUT2D eigenvalue weighted by Gasteiger charge is -2.12. The molecule has 0 saturated heterocycles. The van der Waals surface area contributed by atoms with Gasteiger partial charge in [0.05, 0.1) is 5.69 Å². The number of fused-ring (bicyclic) bond motifs is 1. The molecule has 2 rings (SSSR count). The van der Waals surface area contributed by atoms with Crippen molar-refractivity contribution in [2.24, 2.45) is 0 Å². The van der Waals surface area contributed by atoms with Gasteiger partial charge in [0.15, 0.2) is 0 Å². The molecule has 0 spiro atoms. The molecular formula is C8H9N3O. The number of rotatable bonds is 0.